The first-order valence-electron chi connectivity index (χ1n) is 5.13. The Morgan fingerprint density at radius 2 is 1.72 bits per heavy atom. The summed E-state index contributed by atoms with van der Waals surface area (Å²) in [4.78, 5) is 21.9. The lowest BCUT2D eigenvalue weighted by Gasteiger charge is -2.05. The van der Waals surface area contributed by atoms with Crippen molar-refractivity contribution >= 4 is 35.1 Å². The Labute approximate surface area is 114 Å². The number of benzene rings is 1. The Morgan fingerprint density at radius 3 is 2.28 bits per heavy atom. The van der Waals surface area contributed by atoms with Crippen molar-refractivity contribution in [2.75, 3.05) is 6.54 Å². The molecule has 1 aromatic carbocycles. The molecule has 0 unspecified atom stereocenters. The molecule has 0 aliphatic carbocycles. The molecule has 0 aliphatic rings. The minimum Gasteiger partial charge on any atom is -0.477 e. The fraction of sp³-hybridized carbons (Fsp3) is 0.167. The first-order valence-corrected chi connectivity index (χ1v) is 5.88. The molecule has 4 nitrogen and oxygen atoms in total. The number of carbonyl (C=O) groups is 2. The van der Waals surface area contributed by atoms with E-state index in [1.54, 1.807) is 0 Å². The van der Waals surface area contributed by atoms with E-state index in [0.717, 1.165) is 5.56 Å². The van der Waals surface area contributed by atoms with Gasteiger partial charge in [-0.15, -0.1) is 0 Å². The third-order valence-electron chi connectivity index (χ3n) is 2.12. The van der Waals surface area contributed by atoms with Gasteiger partial charge in [0.2, 0.25) is 0 Å². The van der Waals surface area contributed by atoms with E-state index >= 15 is 0 Å². The van der Waals surface area contributed by atoms with Gasteiger partial charge in [-0.25, -0.2) is 4.79 Å². The summed E-state index contributed by atoms with van der Waals surface area (Å²) in [5, 5.41) is 9.84. The number of hydrogen-bond acceptors (Lipinski definition) is 2. The number of aliphatic carboxylic acids is 1. The lowest BCUT2D eigenvalue weighted by molar-refractivity contribution is -0.132. The van der Waals surface area contributed by atoms with E-state index < -0.39 is 21.9 Å². The van der Waals surface area contributed by atoms with E-state index in [9.17, 15) is 9.59 Å². The minimum atomic E-state index is -1.43. The highest BCUT2D eigenvalue weighted by Crippen LogP contribution is 2.14. The topological polar surface area (TPSA) is 66.4 Å². The van der Waals surface area contributed by atoms with E-state index in [2.05, 4.69) is 5.32 Å². The highest BCUT2D eigenvalue weighted by molar-refractivity contribution is 6.53. The van der Waals surface area contributed by atoms with Gasteiger partial charge < -0.3 is 10.4 Å². The van der Waals surface area contributed by atoms with Crippen LogP contribution in [0, 0.1) is 0 Å². The number of halogens is 2. The van der Waals surface area contributed by atoms with E-state index in [0.29, 0.717) is 13.0 Å². The molecule has 0 heterocycles. The van der Waals surface area contributed by atoms with Crippen molar-refractivity contribution in [3.8, 4) is 0 Å². The van der Waals surface area contributed by atoms with Crippen molar-refractivity contribution in [3.63, 3.8) is 0 Å². The average molecular weight is 288 g/mol. The third kappa shape index (κ3) is 4.39. The largest absolute Gasteiger partial charge is 0.477 e. The second kappa shape index (κ2) is 7.03. The van der Waals surface area contributed by atoms with Gasteiger partial charge >= 0.3 is 5.97 Å². The monoisotopic (exact) mass is 287 g/mol. The average Bonchev–Trinajstić information content (AvgIpc) is 2.38. The van der Waals surface area contributed by atoms with Crippen LogP contribution >= 0.6 is 23.2 Å². The van der Waals surface area contributed by atoms with E-state index in [4.69, 9.17) is 28.3 Å². The first kappa shape index (κ1) is 14.5. The van der Waals surface area contributed by atoms with E-state index in [1.165, 1.54) is 0 Å². The molecule has 0 atom stereocenters. The van der Waals surface area contributed by atoms with Crippen molar-refractivity contribution in [2.45, 2.75) is 6.42 Å². The molecule has 0 saturated heterocycles. The molecule has 0 fully saturated rings. The minimum absolute atomic E-state index is 0.350. The summed E-state index contributed by atoms with van der Waals surface area (Å²) in [6, 6.07) is 9.53. The van der Waals surface area contributed by atoms with E-state index in [1.807, 2.05) is 30.3 Å². The second-order valence-electron chi connectivity index (χ2n) is 3.42. The van der Waals surface area contributed by atoms with Crippen molar-refractivity contribution in [1.82, 2.24) is 5.32 Å². The molecule has 0 aliphatic heterocycles. The quantitative estimate of drug-likeness (QED) is 0.816. The zero-order valence-electron chi connectivity index (χ0n) is 9.32. The van der Waals surface area contributed by atoms with Crippen LogP contribution in [0.1, 0.15) is 5.56 Å². The third-order valence-corrected chi connectivity index (χ3v) is 2.93. The highest BCUT2D eigenvalue weighted by Gasteiger charge is 2.16. The Kier molecular flexibility index (Phi) is 5.68. The number of rotatable bonds is 5. The molecule has 0 saturated carbocycles. The van der Waals surface area contributed by atoms with Gasteiger partial charge in [-0.1, -0.05) is 53.5 Å². The molecular formula is C12H11Cl2NO3. The molecule has 96 valence electrons. The zero-order chi connectivity index (χ0) is 13.5. The lowest BCUT2D eigenvalue weighted by Crippen LogP contribution is -2.26. The van der Waals surface area contributed by atoms with Crippen LogP contribution in [-0.2, 0) is 16.0 Å². The van der Waals surface area contributed by atoms with E-state index in [-0.39, 0.29) is 0 Å². The van der Waals surface area contributed by atoms with Crippen LogP contribution in [0.5, 0.6) is 0 Å². The van der Waals surface area contributed by atoms with Gasteiger partial charge in [-0.2, -0.15) is 0 Å². The van der Waals surface area contributed by atoms with Gasteiger partial charge in [0.1, 0.15) is 10.1 Å². The summed E-state index contributed by atoms with van der Waals surface area (Å²) in [7, 11) is 0. The molecule has 0 aromatic heterocycles. The van der Waals surface area contributed by atoms with Crippen LogP contribution in [0.2, 0.25) is 0 Å². The maximum absolute atomic E-state index is 11.4. The number of carboxylic acid groups (broad SMARTS) is 1. The van der Waals surface area contributed by atoms with Gasteiger partial charge in [0.25, 0.3) is 5.91 Å². The molecule has 0 radical (unpaired) electrons. The second-order valence-corrected chi connectivity index (χ2v) is 4.18. The number of amides is 1. The van der Waals surface area contributed by atoms with Crippen LogP contribution < -0.4 is 5.32 Å². The molecule has 0 spiro atoms. The smallest absolute Gasteiger partial charge is 0.349 e. The van der Waals surface area contributed by atoms with Crippen molar-refractivity contribution in [1.29, 1.82) is 0 Å². The lowest BCUT2D eigenvalue weighted by atomic mass is 10.1. The Bertz CT molecular complexity index is 471. The number of nitrogens with one attached hydrogen (secondary N) is 1. The Morgan fingerprint density at radius 1 is 1.11 bits per heavy atom. The molecule has 6 heteroatoms. The van der Waals surface area contributed by atoms with Crippen LogP contribution in [0.4, 0.5) is 0 Å². The number of carbonyl (C=O) groups excluding carboxylic acids is 1. The summed E-state index contributed by atoms with van der Waals surface area (Å²) in [5.41, 5.74) is 1.06. The standard InChI is InChI=1S/C12H11Cl2NO3/c13-9(10(14)12(17)18)11(16)15-7-6-8-4-2-1-3-5-8/h1-5H,6-7H2,(H,15,16)(H,17,18)/b10-9-. The number of hydrogen-bond donors (Lipinski definition) is 2. The van der Waals surface area contributed by atoms with Crippen molar-refractivity contribution < 1.29 is 14.7 Å². The Hall–Kier alpha value is -1.52. The van der Waals surface area contributed by atoms with Crippen LogP contribution in [0.15, 0.2) is 40.4 Å². The maximum Gasteiger partial charge on any atom is 0.349 e. The van der Waals surface area contributed by atoms with Crippen molar-refractivity contribution in [2.24, 2.45) is 0 Å². The summed E-state index contributed by atoms with van der Waals surface area (Å²) in [6.07, 6.45) is 0.626. The fourth-order valence-corrected chi connectivity index (χ4v) is 1.47. The summed E-state index contributed by atoms with van der Waals surface area (Å²) in [6.45, 7) is 0.350. The maximum atomic E-state index is 11.4. The SMILES string of the molecule is O=C(O)/C(Cl)=C(/Cl)C(=O)NCCc1ccccc1. The molecule has 1 rings (SSSR count). The normalized spacial score (nSPS) is 11.7. The summed E-state index contributed by atoms with van der Waals surface area (Å²) in [5.74, 6) is -2.13. The molecule has 2 N–H and O–H groups in total. The zero-order valence-corrected chi connectivity index (χ0v) is 10.8. The summed E-state index contributed by atoms with van der Waals surface area (Å²) >= 11 is 10.9. The van der Waals surface area contributed by atoms with Gasteiger partial charge in [0.05, 0.1) is 0 Å². The predicted molar refractivity (Wildman–Crippen MR) is 69.5 cm³/mol. The number of carboxylic acids is 1. The van der Waals surface area contributed by atoms with Gasteiger partial charge in [0, 0.05) is 6.54 Å². The highest BCUT2D eigenvalue weighted by atomic mass is 35.5. The Balaban J connectivity index is 2.48. The molecule has 0 bridgehead atoms. The predicted octanol–water partition coefficient (Wildman–Crippen LogP) is 2.12. The molecule has 1 aromatic rings. The summed E-state index contributed by atoms with van der Waals surface area (Å²) < 4.78 is 0. The fourth-order valence-electron chi connectivity index (χ4n) is 1.24. The van der Waals surface area contributed by atoms with Crippen LogP contribution in [0.3, 0.4) is 0 Å². The molecule has 1 amide bonds. The van der Waals surface area contributed by atoms with Gasteiger partial charge in [-0.05, 0) is 12.0 Å². The van der Waals surface area contributed by atoms with Gasteiger partial charge in [-0.3, -0.25) is 4.79 Å². The van der Waals surface area contributed by atoms with Gasteiger partial charge in [0.15, 0.2) is 0 Å². The molecule has 18 heavy (non-hydrogen) atoms. The van der Waals surface area contributed by atoms with Crippen LogP contribution in [-0.4, -0.2) is 23.5 Å². The first-order chi connectivity index (χ1) is 8.52. The molecular weight excluding hydrogens is 277 g/mol. The van der Waals surface area contributed by atoms with Crippen molar-refractivity contribution in [3.05, 3.63) is 46.0 Å². The van der Waals surface area contributed by atoms with Crippen LogP contribution in [0.25, 0.3) is 0 Å².